The Morgan fingerprint density at radius 1 is 0.914 bits per heavy atom. The van der Waals surface area contributed by atoms with Crippen molar-refractivity contribution in [2.24, 2.45) is 5.84 Å². The molecule has 0 aromatic carbocycles. The highest BCUT2D eigenvalue weighted by molar-refractivity contribution is 7.99. The SMILES string of the molecule is CC(C)=CCC/C(C)=C/CC/C(C)=C/CSC[C@H](NC(=O)C(C)NC(=O)OC(C)(C)C)C(=O)NN. The Morgan fingerprint density at radius 3 is 2.03 bits per heavy atom. The van der Waals surface area contributed by atoms with Crippen LogP contribution in [0.25, 0.3) is 0 Å². The fraction of sp³-hybridized carbons (Fsp3) is 0.654. The lowest BCUT2D eigenvalue weighted by Crippen LogP contribution is -2.55. The van der Waals surface area contributed by atoms with Crippen LogP contribution in [0.4, 0.5) is 4.79 Å². The third-order valence-corrected chi connectivity index (χ3v) is 5.83. The average molecular weight is 511 g/mol. The summed E-state index contributed by atoms with van der Waals surface area (Å²) in [5.74, 6) is 5.35. The standard InChI is InChI=1S/C26H46N4O4S/c1-18(2)11-9-12-19(3)13-10-14-20(4)15-16-35-17-22(24(32)30-27)29-23(31)21(5)28-25(33)34-26(6,7)8/h11,13,15,21-22H,9-10,12,14,16-17,27H2,1-8H3,(H,28,33)(H,29,31)(H,30,32)/b19-13+,20-15+/t21?,22-/m0/s1. The molecule has 9 heteroatoms. The number of hydrogen-bond acceptors (Lipinski definition) is 6. The van der Waals surface area contributed by atoms with Crippen LogP contribution < -0.4 is 21.9 Å². The van der Waals surface area contributed by atoms with Crippen molar-refractivity contribution in [3.8, 4) is 0 Å². The van der Waals surface area contributed by atoms with Gasteiger partial charge in [0.15, 0.2) is 0 Å². The topological polar surface area (TPSA) is 123 Å². The number of carbonyl (C=O) groups excluding carboxylic acids is 3. The molecule has 0 fully saturated rings. The molecule has 0 spiro atoms. The monoisotopic (exact) mass is 510 g/mol. The molecule has 8 nitrogen and oxygen atoms in total. The van der Waals surface area contributed by atoms with E-state index in [-0.39, 0.29) is 0 Å². The van der Waals surface area contributed by atoms with Crippen LogP contribution in [0.1, 0.15) is 81.1 Å². The molecule has 35 heavy (non-hydrogen) atoms. The minimum Gasteiger partial charge on any atom is -0.444 e. The fourth-order valence-electron chi connectivity index (χ4n) is 2.86. The largest absolute Gasteiger partial charge is 0.444 e. The zero-order valence-corrected chi connectivity index (χ0v) is 23.6. The van der Waals surface area contributed by atoms with Crippen molar-refractivity contribution >= 4 is 29.7 Å². The van der Waals surface area contributed by atoms with Crippen molar-refractivity contribution in [3.63, 3.8) is 0 Å². The minimum absolute atomic E-state index is 0.348. The molecule has 0 aromatic rings. The highest BCUT2D eigenvalue weighted by Crippen LogP contribution is 2.13. The van der Waals surface area contributed by atoms with Crippen molar-refractivity contribution < 1.29 is 19.1 Å². The van der Waals surface area contributed by atoms with Gasteiger partial charge in [0.25, 0.3) is 5.91 Å². The number of hydrogen-bond donors (Lipinski definition) is 4. The van der Waals surface area contributed by atoms with Gasteiger partial charge >= 0.3 is 6.09 Å². The molecule has 0 aliphatic heterocycles. The van der Waals surface area contributed by atoms with Gasteiger partial charge in [-0.15, -0.1) is 0 Å². The lowest BCUT2D eigenvalue weighted by molar-refractivity contribution is -0.129. The molecule has 0 rings (SSSR count). The lowest BCUT2D eigenvalue weighted by atomic mass is 10.1. The van der Waals surface area contributed by atoms with Crippen molar-refractivity contribution in [1.29, 1.82) is 0 Å². The third kappa shape index (κ3) is 17.8. The lowest BCUT2D eigenvalue weighted by Gasteiger charge is -2.23. The molecule has 0 radical (unpaired) electrons. The molecule has 0 saturated heterocycles. The fourth-order valence-corrected chi connectivity index (χ4v) is 3.86. The van der Waals surface area contributed by atoms with Gasteiger partial charge in [-0.25, -0.2) is 10.6 Å². The molecule has 0 bridgehead atoms. The maximum Gasteiger partial charge on any atom is 0.408 e. The van der Waals surface area contributed by atoms with Gasteiger partial charge in [-0.3, -0.25) is 15.0 Å². The molecule has 0 aromatic heterocycles. The predicted octanol–water partition coefficient (Wildman–Crippen LogP) is 4.53. The summed E-state index contributed by atoms with van der Waals surface area (Å²) in [4.78, 5) is 36.5. The van der Waals surface area contributed by atoms with Crippen LogP contribution in [0, 0.1) is 0 Å². The smallest absolute Gasteiger partial charge is 0.408 e. The number of alkyl carbamates (subject to hydrolysis) is 1. The molecule has 200 valence electrons. The molecular weight excluding hydrogens is 464 g/mol. The summed E-state index contributed by atoms with van der Waals surface area (Å²) >= 11 is 1.52. The van der Waals surface area contributed by atoms with E-state index in [2.05, 4.69) is 62.0 Å². The first-order valence-corrected chi connectivity index (χ1v) is 13.2. The molecular formula is C26H46N4O4S. The zero-order valence-electron chi connectivity index (χ0n) is 22.7. The maximum absolute atomic E-state index is 12.5. The Kier molecular flexibility index (Phi) is 16.1. The van der Waals surface area contributed by atoms with Crippen LogP contribution in [0.2, 0.25) is 0 Å². The second-order valence-corrected chi connectivity index (χ2v) is 11.0. The van der Waals surface area contributed by atoms with Crippen LogP contribution in [0.5, 0.6) is 0 Å². The van der Waals surface area contributed by atoms with Gasteiger partial charge < -0.3 is 15.4 Å². The quantitative estimate of drug-likeness (QED) is 0.0895. The number of ether oxygens (including phenoxy) is 1. The summed E-state index contributed by atoms with van der Waals surface area (Å²) in [6, 6.07) is -1.69. The Labute approximate surface area is 215 Å². The molecule has 3 amide bonds. The van der Waals surface area contributed by atoms with Gasteiger partial charge in [-0.05, 0) is 81.1 Å². The third-order valence-electron chi connectivity index (χ3n) is 4.86. The molecule has 0 aliphatic carbocycles. The number of hydrazine groups is 1. The molecule has 2 atom stereocenters. The van der Waals surface area contributed by atoms with Gasteiger partial charge in [0.1, 0.15) is 17.7 Å². The predicted molar refractivity (Wildman–Crippen MR) is 146 cm³/mol. The number of nitrogens with one attached hydrogen (secondary N) is 3. The Hall–Kier alpha value is -2.26. The summed E-state index contributed by atoms with van der Waals surface area (Å²) < 4.78 is 5.15. The minimum atomic E-state index is -0.872. The molecule has 0 heterocycles. The van der Waals surface area contributed by atoms with E-state index in [0.717, 1.165) is 25.7 Å². The van der Waals surface area contributed by atoms with Crippen molar-refractivity contribution in [3.05, 3.63) is 34.9 Å². The zero-order chi connectivity index (χ0) is 27.0. The molecule has 5 N–H and O–H groups in total. The Balaban J connectivity index is 4.57. The van der Waals surface area contributed by atoms with E-state index in [1.165, 1.54) is 35.4 Å². The van der Waals surface area contributed by atoms with E-state index in [1.807, 2.05) is 0 Å². The van der Waals surface area contributed by atoms with E-state index in [4.69, 9.17) is 10.6 Å². The average Bonchev–Trinajstić information content (AvgIpc) is 2.73. The maximum atomic E-state index is 12.5. The molecule has 1 unspecified atom stereocenters. The van der Waals surface area contributed by atoms with E-state index >= 15 is 0 Å². The number of carbonyl (C=O) groups is 3. The molecule has 0 saturated carbocycles. The highest BCUT2D eigenvalue weighted by Gasteiger charge is 2.25. The van der Waals surface area contributed by atoms with E-state index in [9.17, 15) is 14.4 Å². The van der Waals surface area contributed by atoms with Crippen LogP contribution in [0.3, 0.4) is 0 Å². The first kappa shape index (κ1) is 32.7. The van der Waals surface area contributed by atoms with E-state index in [0.29, 0.717) is 11.5 Å². The van der Waals surface area contributed by atoms with E-state index in [1.54, 1.807) is 20.8 Å². The number of nitrogens with two attached hydrogens (primary N) is 1. The number of allylic oxidation sites excluding steroid dienone is 5. The van der Waals surface area contributed by atoms with Gasteiger partial charge in [0.2, 0.25) is 5.91 Å². The number of amides is 3. The summed E-state index contributed by atoms with van der Waals surface area (Å²) in [5, 5.41) is 5.10. The molecule has 0 aliphatic rings. The van der Waals surface area contributed by atoms with Gasteiger partial charge in [0, 0.05) is 11.5 Å². The first-order chi connectivity index (χ1) is 16.2. The van der Waals surface area contributed by atoms with Crippen LogP contribution in [-0.2, 0) is 14.3 Å². The number of rotatable bonds is 14. The van der Waals surface area contributed by atoms with Crippen LogP contribution in [-0.4, -0.2) is 47.1 Å². The second-order valence-electron chi connectivity index (χ2n) is 9.93. The second kappa shape index (κ2) is 17.2. The number of thioether (sulfide) groups is 1. The summed E-state index contributed by atoms with van der Waals surface area (Å²) in [5.41, 5.74) is 5.45. The Bertz CT molecular complexity index is 781. The van der Waals surface area contributed by atoms with Crippen molar-refractivity contribution in [2.45, 2.75) is 98.8 Å². The van der Waals surface area contributed by atoms with Gasteiger partial charge in [0.05, 0.1) is 0 Å². The van der Waals surface area contributed by atoms with Crippen molar-refractivity contribution in [1.82, 2.24) is 16.1 Å². The van der Waals surface area contributed by atoms with Crippen molar-refractivity contribution in [2.75, 3.05) is 11.5 Å². The van der Waals surface area contributed by atoms with E-state index < -0.39 is 35.6 Å². The normalized spacial score (nSPS) is 14.0. The van der Waals surface area contributed by atoms with Crippen LogP contribution >= 0.6 is 11.8 Å². The van der Waals surface area contributed by atoms with Crippen LogP contribution in [0.15, 0.2) is 34.9 Å². The van der Waals surface area contributed by atoms with Gasteiger partial charge in [-0.1, -0.05) is 34.9 Å². The highest BCUT2D eigenvalue weighted by atomic mass is 32.2. The summed E-state index contributed by atoms with van der Waals surface area (Å²) in [7, 11) is 0. The Morgan fingerprint density at radius 2 is 1.49 bits per heavy atom. The first-order valence-electron chi connectivity index (χ1n) is 12.1. The summed E-state index contributed by atoms with van der Waals surface area (Å²) in [6.45, 7) is 15.2. The van der Waals surface area contributed by atoms with Gasteiger partial charge in [-0.2, -0.15) is 11.8 Å². The summed E-state index contributed by atoms with van der Waals surface area (Å²) in [6.07, 6.45) is 10.2.